The third-order valence-electron chi connectivity index (χ3n) is 2.14. The molecule has 96 valence electrons. The van der Waals surface area contributed by atoms with Gasteiger partial charge in [0.05, 0.1) is 12.4 Å². The van der Waals surface area contributed by atoms with E-state index in [1.165, 1.54) is 0 Å². The minimum Gasteiger partial charge on any atom is -0.479 e. The molecular weight excluding hydrogens is 253 g/mol. The van der Waals surface area contributed by atoms with Crippen molar-refractivity contribution in [2.24, 2.45) is 0 Å². The summed E-state index contributed by atoms with van der Waals surface area (Å²) < 4.78 is 37.9. The SMILES string of the molecule is CC(Nc1cnc(C#N)cn1)(C(=O)O)C(F)(F)F. The lowest BCUT2D eigenvalue weighted by atomic mass is 10.0. The van der Waals surface area contributed by atoms with Gasteiger partial charge in [-0.25, -0.2) is 14.8 Å². The Kier molecular flexibility index (Phi) is 3.41. The number of nitriles is 1. The highest BCUT2D eigenvalue weighted by Crippen LogP contribution is 2.33. The van der Waals surface area contributed by atoms with Gasteiger partial charge in [0.15, 0.2) is 5.69 Å². The summed E-state index contributed by atoms with van der Waals surface area (Å²) in [4.78, 5) is 17.7. The van der Waals surface area contributed by atoms with Gasteiger partial charge in [0.2, 0.25) is 5.54 Å². The number of aromatic nitrogens is 2. The lowest BCUT2D eigenvalue weighted by molar-refractivity contribution is -0.192. The number of anilines is 1. The number of carboxylic acids is 1. The Bertz CT molecular complexity index is 494. The molecule has 18 heavy (non-hydrogen) atoms. The topological polar surface area (TPSA) is 98.9 Å². The van der Waals surface area contributed by atoms with Gasteiger partial charge >= 0.3 is 12.1 Å². The molecule has 1 aromatic heterocycles. The van der Waals surface area contributed by atoms with Crippen molar-refractivity contribution in [2.45, 2.75) is 18.6 Å². The third kappa shape index (κ3) is 2.48. The first kappa shape index (κ1) is 13.7. The monoisotopic (exact) mass is 260 g/mol. The van der Waals surface area contributed by atoms with E-state index in [-0.39, 0.29) is 5.69 Å². The number of hydrogen-bond acceptors (Lipinski definition) is 5. The van der Waals surface area contributed by atoms with E-state index in [2.05, 4.69) is 9.97 Å². The van der Waals surface area contributed by atoms with Gasteiger partial charge in [-0.05, 0) is 6.92 Å². The van der Waals surface area contributed by atoms with Crippen LogP contribution in [0.25, 0.3) is 0 Å². The maximum Gasteiger partial charge on any atom is 0.422 e. The molecule has 1 unspecified atom stereocenters. The van der Waals surface area contributed by atoms with E-state index in [1.54, 1.807) is 11.4 Å². The van der Waals surface area contributed by atoms with Gasteiger partial charge in [-0.2, -0.15) is 18.4 Å². The molecule has 0 saturated carbocycles. The van der Waals surface area contributed by atoms with Crippen molar-refractivity contribution in [1.82, 2.24) is 9.97 Å². The summed E-state index contributed by atoms with van der Waals surface area (Å²) in [6.07, 6.45) is -3.24. The van der Waals surface area contributed by atoms with E-state index in [1.807, 2.05) is 0 Å². The number of nitrogens with one attached hydrogen (secondary N) is 1. The van der Waals surface area contributed by atoms with Gasteiger partial charge in [-0.15, -0.1) is 0 Å². The summed E-state index contributed by atoms with van der Waals surface area (Å²) in [7, 11) is 0. The third-order valence-corrected chi connectivity index (χ3v) is 2.14. The van der Waals surface area contributed by atoms with Crippen LogP contribution in [0.15, 0.2) is 12.4 Å². The zero-order valence-corrected chi connectivity index (χ0v) is 8.99. The predicted molar refractivity (Wildman–Crippen MR) is 52.5 cm³/mol. The predicted octanol–water partition coefficient (Wildman–Crippen LogP) is 1.17. The van der Waals surface area contributed by atoms with Crippen LogP contribution in [0, 0.1) is 11.3 Å². The van der Waals surface area contributed by atoms with Crippen molar-refractivity contribution >= 4 is 11.8 Å². The van der Waals surface area contributed by atoms with Gasteiger partial charge in [-0.3, -0.25) is 0 Å². The highest BCUT2D eigenvalue weighted by atomic mass is 19.4. The Morgan fingerprint density at radius 1 is 1.44 bits per heavy atom. The van der Waals surface area contributed by atoms with Crippen LogP contribution in [-0.2, 0) is 4.79 Å². The van der Waals surface area contributed by atoms with Gasteiger partial charge in [0.1, 0.15) is 11.9 Å². The number of hydrogen-bond donors (Lipinski definition) is 2. The fraction of sp³-hybridized carbons (Fsp3) is 0.333. The van der Waals surface area contributed by atoms with E-state index in [0.717, 1.165) is 12.4 Å². The van der Waals surface area contributed by atoms with Crippen molar-refractivity contribution in [2.75, 3.05) is 5.32 Å². The van der Waals surface area contributed by atoms with E-state index in [9.17, 15) is 18.0 Å². The fourth-order valence-corrected chi connectivity index (χ4v) is 0.952. The minimum atomic E-state index is -5.02. The molecule has 9 heteroatoms. The number of aliphatic carboxylic acids is 1. The Balaban J connectivity index is 3.05. The summed E-state index contributed by atoms with van der Waals surface area (Å²) in [5, 5.41) is 18.8. The molecule has 0 aliphatic carbocycles. The van der Waals surface area contributed by atoms with Crippen LogP contribution in [-0.4, -0.2) is 32.8 Å². The smallest absolute Gasteiger partial charge is 0.422 e. The van der Waals surface area contributed by atoms with Crippen molar-refractivity contribution in [1.29, 1.82) is 5.26 Å². The first-order valence-corrected chi connectivity index (χ1v) is 4.51. The minimum absolute atomic E-state index is 0.0930. The normalized spacial score (nSPS) is 14.4. The molecule has 0 bridgehead atoms. The number of carboxylic acid groups (broad SMARTS) is 1. The van der Waals surface area contributed by atoms with Gasteiger partial charge < -0.3 is 10.4 Å². The maximum absolute atomic E-state index is 12.6. The van der Waals surface area contributed by atoms with E-state index >= 15 is 0 Å². The number of alkyl halides is 3. The van der Waals surface area contributed by atoms with Crippen LogP contribution >= 0.6 is 0 Å². The molecule has 0 fully saturated rings. The molecule has 1 heterocycles. The first-order chi connectivity index (χ1) is 8.20. The molecular formula is C9H7F3N4O2. The molecule has 1 atom stereocenters. The van der Waals surface area contributed by atoms with Gasteiger partial charge in [0, 0.05) is 0 Å². The molecule has 0 saturated heterocycles. The lowest BCUT2D eigenvalue weighted by Gasteiger charge is -2.28. The van der Waals surface area contributed by atoms with Crippen LogP contribution in [0.3, 0.4) is 0 Å². The van der Waals surface area contributed by atoms with Crippen molar-refractivity contribution in [3.05, 3.63) is 18.1 Å². The molecule has 0 aromatic carbocycles. The average molecular weight is 260 g/mol. The largest absolute Gasteiger partial charge is 0.479 e. The zero-order chi connectivity index (χ0) is 14.0. The van der Waals surface area contributed by atoms with E-state index < -0.39 is 23.5 Å². The summed E-state index contributed by atoms with van der Waals surface area (Å²) in [6.45, 7) is 0.467. The number of carbonyl (C=O) groups is 1. The average Bonchev–Trinajstić information content (AvgIpc) is 2.28. The highest BCUT2D eigenvalue weighted by Gasteiger charge is 2.57. The number of halogens is 3. The number of rotatable bonds is 3. The van der Waals surface area contributed by atoms with Crippen LogP contribution < -0.4 is 5.32 Å². The van der Waals surface area contributed by atoms with Crippen molar-refractivity contribution in [3.8, 4) is 6.07 Å². The van der Waals surface area contributed by atoms with Crippen LogP contribution in [0.2, 0.25) is 0 Å². The Morgan fingerprint density at radius 2 is 2.06 bits per heavy atom. The summed E-state index contributed by atoms with van der Waals surface area (Å²) in [5.74, 6) is -2.49. The lowest BCUT2D eigenvalue weighted by Crippen LogP contribution is -2.55. The second kappa shape index (κ2) is 4.48. The van der Waals surface area contributed by atoms with Crippen LogP contribution in [0.4, 0.5) is 19.0 Å². The van der Waals surface area contributed by atoms with E-state index in [4.69, 9.17) is 10.4 Å². The molecule has 1 aromatic rings. The molecule has 0 spiro atoms. The molecule has 0 amide bonds. The van der Waals surface area contributed by atoms with Crippen molar-refractivity contribution in [3.63, 3.8) is 0 Å². The second-order valence-corrected chi connectivity index (χ2v) is 3.45. The Hall–Kier alpha value is -2.37. The first-order valence-electron chi connectivity index (χ1n) is 4.51. The highest BCUT2D eigenvalue weighted by molar-refractivity contribution is 5.83. The molecule has 0 aliphatic rings. The fourth-order valence-electron chi connectivity index (χ4n) is 0.952. The zero-order valence-electron chi connectivity index (χ0n) is 8.99. The Morgan fingerprint density at radius 3 is 2.39 bits per heavy atom. The molecule has 1 rings (SSSR count). The van der Waals surface area contributed by atoms with Gasteiger partial charge in [-0.1, -0.05) is 0 Å². The quantitative estimate of drug-likeness (QED) is 0.846. The van der Waals surface area contributed by atoms with E-state index in [0.29, 0.717) is 6.92 Å². The Labute approximate surface area is 99.1 Å². The standard InChI is InChI=1S/C9H7F3N4O2/c1-8(7(17)18,9(10,11)12)16-6-4-14-5(2-13)3-15-6/h3-4H,1H3,(H,15,16)(H,17,18). The second-order valence-electron chi connectivity index (χ2n) is 3.45. The molecule has 6 nitrogen and oxygen atoms in total. The van der Waals surface area contributed by atoms with Crippen LogP contribution in [0.5, 0.6) is 0 Å². The maximum atomic E-state index is 12.6. The summed E-state index contributed by atoms with van der Waals surface area (Å²) in [5.41, 5.74) is -3.28. The molecule has 0 radical (unpaired) electrons. The molecule has 0 aliphatic heterocycles. The summed E-state index contributed by atoms with van der Waals surface area (Å²) in [6, 6.07) is 1.63. The summed E-state index contributed by atoms with van der Waals surface area (Å²) >= 11 is 0. The van der Waals surface area contributed by atoms with Gasteiger partial charge in [0.25, 0.3) is 0 Å². The molecule has 2 N–H and O–H groups in total. The van der Waals surface area contributed by atoms with Crippen LogP contribution in [0.1, 0.15) is 12.6 Å². The number of nitrogens with zero attached hydrogens (tertiary/aromatic N) is 3. The van der Waals surface area contributed by atoms with Crippen molar-refractivity contribution < 1.29 is 23.1 Å².